The molecule has 1 unspecified atom stereocenters. The van der Waals surface area contributed by atoms with Gasteiger partial charge in [0, 0.05) is 31.9 Å². The van der Waals surface area contributed by atoms with Crippen LogP contribution in [0.2, 0.25) is 0 Å². The summed E-state index contributed by atoms with van der Waals surface area (Å²) in [5, 5.41) is 7.96. The Morgan fingerprint density at radius 2 is 2.17 bits per heavy atom. The van der Waals surface area contributed by atoms with Crippen molar-refractivity contribution in [3.05, 3.63) is 18.0 Å². The first-order valence-corrected chi connectivity index (χ1v) is 6.87. The standard InChI is InChI=1S/C14H27N3O/c1-6-12(3)17-9-8-13(16-17)10-15-11-14(4,5)18-7-2/h8-9,12,15H,6-7,10-11H2,1-5H3. The minimum absolute atomic E-state index is 0.117. The van der Waals surface area contributed by atoms with E-state index in [0.717, 1.165) is 31.8 Å². The zero-order valence-electron chi connectivity index (χ0n) is 12.4. The van der Waals surface area contributed by atoms with Crippen LogP contribution in [-0.4, -0.2) is 28.5 Å². The maximum atomic E-state index is 5.64. The molecule has 0 aliphatic heterocycles. The van der Waals surface area contributed by atoms with Gasteiger partial charge in [0.05, 0.1) is 11.3 Å². The lowest BCUT2D eigenvalue weighted by Gasteiger charge is -2.24. The summed E-state index contributed by atoms with van der Waals surface area (Å²) in [7, 11) is 0. The van der Waals surface area contributed by atoms with Gasteiger partial charge in [-0.05, 0) is 40.2 Å². The Labute approximate surface area is 111 Å². The fourth-order valence-corrected chi connectivity index (χ4v) is 1.84. The van der Waals surface area contributed by atoms with Crippen molar-refractivity contribution in [3.8, 4) is 0 Å². The largest absolute Gasteiger partial charge is 0.375 e. The van der Waals surface area contributed by atoms with Gasteiger partial charge in [-0.1, -0.05) is 6.92 Å². The maximum Gasteiger partial charge on any atom is 0.0762 e. The van der Waals surface area contributed by atoms with E-state index in [-0.39, 0.29) is 5.60 Å². The molecular formula is C14H27N3O. The molecule has 0 saturated heterocycles. The van der Waals surface area contributed by atoms with Crippen molar-refractivity contribution < 1.29 is 4.74 Å². The van der Waals surface area contributed by atoms with E-state index in [0.29, 0.717) is 6.04 Å². The summed E-state index contributed by atoms with van der Waals surface area (Å²) >= 11 is 0. The van der Waals surface area contributed by atoms with E-state index in [2.05, 4.69) is 50.4 Å². The van der Waals surface area contributed by atoms with Gasteiger partial charge in [0.25, 0.3) is 0 Å². The summed E-state index contributed by atoms with van der Waals surface area (Å²) < 4.78 is 7.67. The van der Waals surface area contributed by atoms with Gasteiger partial charge in [0.15, 0.2) is 0 Å². The quantitative estimate of drug-likeness (QED) is 0.774. The van der Waals surface area contributed by atoms with Crippen molar-refractivity contribution in [2.75, 3.05) is 13.2 Å². The van der Waals surface area contributed by atoms with Gasteiger partial charge in [0.2, 0.25) is 0 Å². The monoisotopic (exact) mass is 253 g/mol. The topological polar surface area (TPSA) is 39.1 Å². The Bertz CT molecular complexity index is 347. The number of ether oxygens (including phenoxy) is 1. The number of rotatable bonds is 8. The van der Waals surface area contributed by atoms with Gasteiger partial charge in [-0.3, -0.25) is 4.68 Å². The minimum atomic E-state index is -0.117. The van der Waals surface area contributed by atoms with E-state index in [1.165, 1.54) is 0 Å². The molecule has 0 bridgehead atoms. The SMILES string of the molecule is CCOC(C)(C)CNCc1ccn(C(C)CC)n1. The third-order valence-corrected chi connectivity index (χ3v) is 3.10. The highest BCUT2D eigenvalue weighted by molar-refractivity contribution is 4.99. The van der Waals surface area contributed by atoms with Crippen LogP contribution in [0.25, 0.3) is 0 Å². The van der Waals surface area contributed by atoms with E-state index in [9.17, 15) is 0 Å². The molecule has 1 rings (SSSR count). The lowest BCUT2D eigenvalue weighted by Crippen LogP contribution is -2.37. The van der Waals surface area contributed by atoms with Gasteiger partial charge < -0.3 is 10.1 Å². The van der Waals surface area contributed by atoms with Gasteiger partial charge in [0.1, 0.15) is 0 Å². The molecule has 0 aliphatic rings. The fraction of sp³-hybridized carbons (Fsp3) is 0.786. The van der Waals surface area contributed by atoms with Crippen LogP contribution in [0, 0.1) is 0 Å². The van der Waals surface area contributed by atoms with E-state index >= 15 is 0 Å². The van der Waals surface area contributed by atoms with Crippen molar-refractivity contribution in [1.29, 1.82) is 0 Å². The molecule has 0 fully saturated rings. The molecular weight excluding hydrogens is 226 g/mol. The molecule has 1 heterocycles. The number of hydrogen-bond acceptors (Lipinski definition) is 3. The summed E-state index contributed by atoms with van der Waals surface area (Å²) in [6, 6.07) is 2.55. The van der Waals surface area contributed by atoms with Crippen molar-refractivity contribution >= 4 is 0 Å². The first kappa shape index (κ1) is 15.2. The molecule has 18 heavy (non-hydrogen) atoms. The Morgan fingerprint density at radius 1 is 1.44 bits per heavy atom. The van der Waals surface area contributed by atoms with E-state index < -0.39 is 0 Å². The van der Waals surface area contributed by atoms with Crippen LogP contribution in [0.3, 0.4) is 0 Å². The molecule has 0 saturated carbocycles. The number of hydrogen-bond donors (Lipinski definition) is 1. The Balaban J connectivity index is 2.38. The summed E-state index contributed by atoms with van der Waals surface area (Å²) in [6.07, 6.45) is 3.16. The lowest BCUT2D eigenvalue weighted by molar-refractivity contribution is -0.00902. The van der Waals surface area contributed by atoms with Crippen molar-refractivity contribution in [2.24, 2.45) is 0 Å². The van der Waals surface area contributed by atoms with Crippen LogP contribution in [0.15, 0.2) is 12.3 Å². The third-order valence-electron chi connectivity index (χ3n) is 3.10. The van der Waals surface area contributed by atoms with Crippen LogP contribution in [-0.2, 0) is 11.3 Å². The second-order valence-corrected chi connectivity index (χ2v) is 5.34. The van der Waals surface area contributed by atoms with Crippen LogP contribution in [0.5, 0.6) is 0 Å². The normalized spacial score (nSPS) is 13.8. The summed E-state index contributed by atoms with van der Waals surface area (Å²) in [5.74, 6) is 0. The number of aromatic nitrogens is 2. The molecule has 0 radical (unpaired) electrons. The van der Waals surface area contributed by atoms with Crippen molar-refractivity contribution in [1.82, 2.24) is 15.1 Å². The molecule has 1 aromatic heterocycles. The number of nitrogens with zero attached hydrogens (tertiary/aromatic N) is 2. The molecule has 4 nitrogen and oxygen atoms in total. The first-order valence-electron chi connectivity index (χ1n) is 6.87. The zero-order chi connectivity index (χ0) is 13.6. The van der Waals surface area contributed by atoms with Gasteiger partial charge in [-0.2, -0.15) is 5.10 Å². The third kappa shape index (κ3) is 4.78. The Morgan fingerprint density at radius 3 is 2.78 bits per heavy atom. The predicted molar refractivity (Wildman–Crippen MR) is 74.6 cm³/mol. The molecule has 1 N–H and O–H groups in total. The fourth-order valence-electron chi connectivity index (χ4n) is 1.84. The van der Waals surface area contributed by atoms with E-state index in [1.54, 1.807) is 0 Å². The van der Waals surface area contributed by atoms with Crippen LogP contribution < -0.4 is 5.32 Å². The second kappa shape index (κ2) is 6.90. The summed E-state index contributed by atoms with van der Waals surface area (Å²) in [5.41, 5.74) is 0.969. The predicted octanol–water partition coefficient (Wildman–Crippen LogP) is 2.76. The van der Waals surface area contributed by atoms with Crippen LogP contribution >= 0.6 is 0 Å². The molecule has 104 valence electrons. The summed E-state index contributed by atoms with van der Waals surface area (Å²) in [6.45, 7) is 12.9. The van der Waals surface area contributed by atoms with E-state index in [1.807, 2.05) is 11.6 Å². The highest BCUT2D eigenvalue weighted by Gasteiger charge is 2.16. The average molecular weight is 253 g/mol. The van der Waals surface area contributed by atoms with Gasteiger partial charge >= 0.3 is 0 Å². The molecule has 0 amide bonds. The first-order chi connectivity index (χ1) is 8.48. The van der Waals surface area contributed by atoms with Gasteiger partial charge in [-0.15, -0.1) is 0 Å². The van der Waals surface area contributed by atoms with Crippen LogP contribution in [0.1, 0.15) is 52.8 Å². The zero-order valence-corrected chi connectivity index (χ0v) is 12.4. The van der Waals surface area contributed by atoms with Crippen molar-refractivity contribution in [3.63, 3.8) is 0 Å². The molecule has 4 heteroatoms. The van der Waals surface area contributed by atoms with Crippen LogP contribution in [0.4, 0.5) is 0 Å². The molecule has 0 aliphatic carbocycles. The second-order valence-electron chi connectivity index (χ2n) is 5.34. The highest BCUT2D eigenvalue weighted by Crippen LogP contribution is 2.10. The smallest absolute Gasteiger partial charge is 0.0762 e. The molecule has 1 aromatic rings. The molecule has 1 atom stereocenters. The average Bonchev–Trinajstić information content (AvgIpc) is 2.76. The lowest BCUT2D eigenvalue weighted by atomic mass is 10.1. The van der Waals surface area contributed by atoms with Crippen molar-refractivity contribution in [2.45, 2.75) is 59.2 Å². The maximum absolute atomic E-state index is 5.64. The minimum Gasteiger partial charge on any atom is -0.375 e. The number of nitrogens with one attached hydrogen (secondary N) is 1. The Kier molecular flexibility index (Phi) is 5.82. The summed E-state index contributed by atoms with van der Waals surface area (Å²) in [4.78, 5) is 0. The Hall–Kier alpha value is -0.870. The van der Waals surface area contributed by atoms with E-state index in [4.69, 9.17) is 4.74 Å². The molecule has 0 spiro atoms. The molecule has 0 aromatic carbocycles. The van der Waals surface area contributed by atoms with Gasteiger partial charge in [-0.25, -0.2) is 0 Å². The highest BCUT2D eigenvalue weighted by atomic mass is 16.5.